The fourth-order valence-corrected chi connectivity index (χ4v) is 6.29. The first-order chi connectivity index (χ1) is 12.8. The Bertz CT molecular complexity index is 954. The highest BCUT2D eigenvalue weighted by Crippen LogP contribution is 2.51. The molecular weight excluding hydrogens is 320 g/mol. The lowest BCUT2D eigenvalue weighted by molar-refractivity contribution is -0.0134. The van der Waals surface area contributed by atoms with E-state index < -0.39 is 0 Å². The second kappa shape index (κ2) is 5.50. The Balaban J connectivity index is 1.50. The molecule has 134 valence electrons. The smallest absolute Gasteiger partial charge is 0.133 e. The molecule has 3 fully saturated rings. The van der Waals surface area contributed by atoms with Crippen LogP contribution in [0.15, 0.2) is 41.0 Å². The van der Waals surface area contributed by atoms with Crippen molar-refractivity contribution in [2.75, 3.05) is 13.1 Å². The maximum atomic E-state index is 5.63. The summed E-state index contributed by atoms with van der Waals surface area (Å²) in [6.07, 6.45) is 7.09. The highest BCUT2D eigenvalue weighted by molar-refractivity contribution is 5.89. The Labute approximate surface area is 154 Å². The molecule has 3 aromatic rings. The predicted molar refractivity (Wildman–Crippen MR) is 104 cm³/mol. The third kappa shape index (κ3) is 2.04. The van der Waals surface area contributed by atoms with Crippen LogP contribution in [-0.2, 0) is 6.42 Å². The number of rotatable bonds is 2. The minimum atomic E-state index is 0.699. The van der Waals surface area contributed by atoms with E-state index in [1.807, 2.05) is 6.07 Å². The Morgan fingerprint density at radius 1 is 1.23 bits per heavy atom. The van der Waals surface area contributed by atoms with Crippen LogP contribution >= 0.6 is 0 Å². The Hall–Kier alpha value is -2.00. The largest absolute Gasteiger partial charge is 0.464 e. The van der Waals surface area contributed by atoms with Gasteiger partial charge in [0.25, 0.3) is 0 Å². The van der Waals surface area contributed by atoms with E-state index in [1.54, 1.807) is 17.5 Å². The van der Waals surface area contributed by atoms with Crippen LogP contribution in [0.4, 0.5) is 0 Å². The zero-order chi connectivity index (χ0) is 17.3. The minimum absolute atomic E-state index is 0.699. The number of H-pyrrole nitrogens is 1. The molecule has 3 nitrogen and oxygen atoms in total. The quantitative estimate of drug-likeness (QED) is 0.693. The number of benzene rings is 1. The molecule has 0 spiro atoms. The molecule has 1 aliphatic carbocycles. The van der Waals surface area contributed by atoms with Crippen molar-refractivity contribution in [2.45, 2.75) is 44.6 Å². The van der Waals surface area contributed by atoms with Crippen molar-refractivity contribution in [2.24, 2.45) is 11.8 Å². The van der Waals surface area contributed by atoms with Crippen LogP contribution in [0.25, 0.3) is 22.2 Å². The van der Waals surface area contributed by atoms with Crippen molar-refractivity contribution in [1.82, 2.24) is 9.88 Å². The van der Waals surface area contributed by atoms with Crippen molar-refractivity contribution in [3.63, 3.8) is 0 Å². The molecule has 0 amide bonds. The van der Waals surface area contributed by atoms with Crippen molar-refractivity contribution >= 4 is 10.9 Å². The van der Waals surface area contributed by atoms with Gasteiger partial charge in [0, 0.05) is 47.2 Å². The van der Waals surface area contributed by atoms with Crippen molar-refractivity contribution in [3.05, 3.63) is 47.9 Å². The third-order valence-electron chi connectivity index (χ3n) is 7.32. The molecule has 7 rings (SSSR count). The van der Waals surface area contributed by atoms with E-state index in [9.17, 15) is 0 Å². The van der Waals surface area contributed by atoms with E-state index in [2.05, 4.69) is 41.1 Å². The van der Waals surface area contributed by atoms with Gasteiger partial charge in [-0.2, -0.15) is 0 Å². The summed E-state index contributed by atoms with van der Waals surface area (Å²) in [6, 6.07) is 11.5. The normalized spacial score (nSPS) is 32.6. The zero-order valence-corrected chi connectivity index (χ0v) is 15.4. The molecule has 5 heterocycles. The molecule has 1 N–H and O–H groups in total. The van der Waals surface area contributed by atoms with Crippen molar-refractivity contribution < 1.29 is 4.42 Å². The summed E-state index contributed by atoms with van der Waals surface area (Å²) < 4.78 is 5.63. The first-order valence-corrected chi connectivity index (χ1v) is 10.2. The molecule has 26 heavy (non-hydrogen) atoms. The van der Waals surface area contributed by atoms with Gasteiger partial charge in [-0.05, 0) is 67.0 Å². The van der Waals surface area contributed by atoms with Gasteiger partial charge in [0.15, 0.2) is 0 Å². The fraction of sp³-hybridized carbons (Fsp3) is 0.478. The maximum Gasteiger partial charge on any atom is 0.133 e. The molecule has 5 atom stereocenters. The van der Waals surface area contributed by atoms with Gasteiger partial charge in [0.2, 0.25) is 0 Å². The van der Waals surface area contributed by atoms with Gasteiger partial charge in [-0.15, -0.1) is 0 Å². The number of hydrogen-bond donors (Lipinski definition) is 1. The molecule has 1 aromatic carbocycles. The summed E-state index contributed by atoms with van der Waals surface area (Å²) in [6.45, 7) is 4.94. The molecule has 2 saturated heterocycles. The number of nitrogens with one attached hydrogen (secondary N) is 1. The Morgan fingerprint density at radius 2 is 2.19 bits per heavy atom. The van der Waals surface area contributed by atoms with Gasteiger partial charge in [0.1, 0.15) is 5.76 Å². The molecule has 1 saturated carbocycles. The lowest BCUT2D eigenvalue weighted by atomic mass is 9.65. The van der Waals surface area contributed by atoms with Crippen LogP contribution in [0.5, 0.6) is 0 Å². The number of aromatic amines is 1. The second-order valence-corrected chi connectivity index (χ2v) is 8.60. The molecule has 4 aliphatic rings. The number of furan rings is 1. The second-order valence-electron chi connectivity index (χ2n) is 8.60. The molecule has 0 radical (unpaired) electrons. The number of fused-ring (bicyclic) bond motifs is 4. The minimum Gasteiger partial charge on any atom is -0.464 e. The van der Waals surface area contributed by atoms with Gasteiger partial charge < -0.3 is 9.40 Å². The summed E-state index contributed by atoms with van der Waals surface area (Å²) >= 11 is 0. The van der Waals surface area contributed by atoms with Crippen LogP contribution in [0.1, 0.15) is 43.4 Å². The average Bonchev–Trinajstić information content (AvgIpc) is 3.31. The number of aromatic nitrogens is 1. The molecule has 5 unspecified atom stereocenters. The van der Waals surface area contributed by atoms with E-state index in [0.717, 1.165) is 23.6 Å². The highest BCUT2D eigenvalue weighted by Gasteiger charge is 2.48. The fourth-order valence-electron chi connectivity index (χ4n) is 6.29. The summed E-state index contributed by atoms with van der Waals surface area (Å²) in [7, 11) is 0. The zero-order valence-electron chi connectivity index (χ0n) is 15.4. The van der Waals surface area contributed by atoms with E-state index in [0.29, 0.717) is 5.92 Å². The topological polar surface area (TPSA) is 32.2 Å². The first-order valence-electron chi connectivity index (χ1n) is 10.2. The van der Waals surface area contributed by atoms with Crippen molar-refractivity contribution in [3.8, 4) is 11.3 Å². The van der Waals surface area contributed by atoms with E-state index in [1.165, 1.54) is 55.2 Å². The Morgan fingerprint density at radius 3 is 3.04 bits per heavy atom. The summed E-state index contributed by atoms with van der Waals surface area (Å²) in [5, 5.41) is 1.41. The van der Waals surface area contributed by atoms with Crippen LogP contribution < -0.4 is 0 Å². The molecule has 3 aliphatic heterocycles. The van der Waals surface area contributed by atoms with Crippen LogP contribution in [0.3, 0.4) is 0 Å². The summed E-state index contributed by atoms with van der Waals surface area (Å²) in [4.78, 5) is 6.68. The van der Waals surface area contributed by atoms with Gasteiger partial charge in [-0.25, -0.2) is 0 Å². The standard InChI is InChI=1S/C23H26N2O/c1-2-15-10-14-11-19-22-17(7-8-25(13-14)23(15)19)18-12-16(5-6-20(18)24-22)21-4-3-9-26-21/h3-6,9,12,14-15,19,23-24H,2,7-8,10-11,13H2,1H3. The number of piperidine rings is 2. The van der Waals surface area contributed by atoms with E-state index >= 15 is 0 Å². The van der Waals surface area contributed by atoms with E-state index in [-0.39, 0.29) is 0 Å². The van der Waals surface area contributed by atoms with Gasteiger partial charge in [0.05, 0.1) is 6.26 Å². The van der Waals surface area contributed by atoms with Crippen LogP contribution in [0, 0.1) is 11.8 Å². The van der Waals surface area contributed by atoms with Crippen LogP contribution in [-0.4, -0.2) is 29.0 Å². The third-order valence-corrected chi connectivity index (χ3v) is 7.32. The van der Waals surface area contributed by atoms with Gasteiger partial charge >= 0.3 is 0 Å². The molecule has 2 aromatic heterocycles. The monoisotopic (exact) mass is 346 g/mol. The maximum absolute atomic E-state index is 5.63. The average molecular weight is 346 g/mol. The Kier molecular flexibility index (Phi) is 3.19. The highest BCUT2D eigenvalue weighted by atomic mass is 16.3. The number of hydrogen-bond acceptors (Lipinski definition) is 2. The predicted octanol–water partition coefficient (Wildman–Crippen LogP) is 5.19. The van der Waals surface area contributed by atoms with Crippen molar-refractivity contribution in [1.29, 1.82) is 0 Å². The molecule has 4 bridgehead atoms. The molecule has 3 heteroatoms. The lowest BCUT2D eigenvalue weighted by Crippen LogP contribution is -2.56. The summed E-state index contributed by atoms with van der Waals surface area (Å²) in [5.74, 6) is 3.43. The van der Waals surface area contributed by atoms with E-state index in [4.69, 9.17) is 4.42 Å². The van der Waals surface area contributed by atoms with Crippen LogP contribution in [0.2, 0.25) is 0 Å². The number of nitrogens with zero attached hydrogens (tertiary/aromatic N) is 1. The first kappa shape index (κ1) is 15.1. The summed E-state index contributed by atoms with van der Waals surface area (Å²) in [5.41, 5.74) is 5.60. The SMILES string of the molecule is CCC1CC2CC3c4[nH]c5ccc(-c6ccco6)cc5c4CCN(C2)C13. The van der Waals surface area contributed by atoms with Gasteiger partial charge in [-0.3, -0.25) is 4.90 Å². The molecular formula is C23H26N2O. The lowest BCUT2D eigenvalue weighted by Gasteiger charge is -2.53. The van der Waals surface area contributed by atoms with Gasteiger partial charge in [-0.1, -0.05) is 13.3 Å².